The molecule has 26 heavy (non-hydrogen) atoms. The van der Waals surface area contributed by atoms with E-state index in [1.807, 2.05) is 0 Å². The summed E-state index contributed by atoms with van der Waals surface area (Å²) in [5.74, 6) is 0.440. The summed E-state index contributed by atoms with van der Waals surface area (Å²) in [4.78, 5) is 11.8. The number of benzene rings is 1. The summed E-state index contributed by atoms with van der Waals surface area (Å²) in [5, 5.41) is 8.28. The molecule has 3 aromatic rings. The van der Waals surface area contributed by atoms with Crippen LogP contribution in [0, 0.1) is 0 Å². The predicted octanol–water partition coefficient (Wildman–Crippen LogP) is 1.71. The largest absolute Gasteiger partial charge is 0.268 e. The average Bonchev–Trinajstić information content (AvgIpc) is 3.13. The normalized spacial score (nSPS) is 11.6. The second kappa shape index (κ2) is 7.58. The number of hydrogen-bond acceptors (Lipinski definition) is 5. The van der Waals surface area contributed by atoms with Gasteiger partial charge < -0.3 is 0 Å². The van der Waals surface area contributed by atoms with Crippen LogP contribution in [0.1, 0.15) is 0 Å². The number of sulfonamides is 1. The van der Waals surface area contributed by atoms with Gasteiger partial charge in [-0.3, -0.25) is 4.79 Å². The molecule has 8 nitrogen and oxygen atoms in total. The van der Waals surface area contributed by atoms with Crippen molar-refractivity contribution >= 4 is 33.2 Å². The van der Waals surface area contributed by atoms with Crippen LogP contribution < -0.4 is 10.3 Å². The summed E-state index contributed by atoms with van der Waals surface area (Å²) in [6.07, 6.45) is 3.26. The minimum atomic E-state index is -3.88. The maximum Gasteiger partial charge on any atom is 0.266 e. The van der Waals surface area contributed by atoms with Crippen molar-refractivity contribution in [1.29, 1.82) is 0 Å². The highest BCUT2D eigenvalue weighted by molar-refractivity contribution is 7.89. The van der Waals surface area contributed by atoms with E-state index in [0.717, 1.165) is 4.68 Å². The molecule has 0 saturated carbocycles. The smallest absolute Gasteiger partial charge is 0.266 e. The summed E-state index contributed by atoms with van der Waals surface area (Å²) in [6.45, 7) is -0.0218. The Morgan fingerprint density at radius 2 is 1.92 bits per heavy atom. The Balaban J connectivity index is 1.75. The highest BCUT2D eigenvalue weighted by Gasteiger charge is 2.19. The molecule has 0 unspecified atom stereocenters. The Kier molecular flexibility index (Phi) is 5.42. The fraction of sp³-hybridized carbons (Fsp3) is 0.133. The zero-order chi connectivity index (χ0) is 18.7. The maximum absolute atomic E-state index is 12.4. The van der Waals surface area contributed by atoms with E-state index in [-0.39, 0.29) is 33.6 Å². The Morgan fingerprint density at radius 1 is 1.12 bits per heavy atom. The quantitative estimate of drug-likeness (QED) is 0.662. The molecule has 0 aliphatic heterocycles. The molecule has 0 atom stereocenters. The van der Waals surface area contributed by atoms with Gasteiger partial charge in [0.25, 0.3) is 5.56 Å². The lowest BCUT2D eigenvalue weighted by Crippen LogP contribution is -2.32. The molecule has 0 radical (unpaired) electrons. The maximum atomic E-state index is 12.4. The Bertz CT molecular complexity index is 1080. The van der Waals surface area contributed by atoms with Gasteiger partial charge in [-0.05, 0) is 24.3 Å². The fourth-order valence-corrected chi connectivity index (χ4v) is 3.96. The first-order valence-electron chi connectivity index (χ1n) is 7.40. The van der Waals surface area contributed by atoms with Crippen molar-refractivity contribution in [3.05, 3.63) is 69.2 Å². The van der Waals surface area contributed by atoms with Crippen LogP contribution in [0.25, 0.3) is 5.82 Å². The number of nitrogens with one attached hydrogen (secondary N) is 1. The van der Waals surface area contributed by atoms with Gasteiger partial charge in [-0.2, -0.15) is 5.10 Å². The minimum Gasteiger partial charge on any atom is -0.268 e. The van der Waals surface area contributed by atoms with Crippen molar-refractivity contribution in [1.82, 2.24) is 24.3 Å². The van der Waals surface area contributed by atoms with Gasteiger partial charge in [0, 0.05) is 25.0 Å². The van der Waals surface area contributed by atoms with Crippen LogP contribution >= 0.6 is 23.2 Å². The van der Waals surface area contributed by atoms with Crippen LogP contribution in [0.2, 0.25) is 10.0 Å². The molecule has 2 aromatic heterocycles. The van der Waals surface area contributed by atoms with Crippen molar-refractivity contribution < 1.29 is 8.42 Å². The summed E-state index contributed by atoms with van der Waals surface area (Å²) in [5.41, 5.74) is -0.360. The third-order valence-electron chi connectivity index (χ3n) is 3.41. The van der Waals surface area contributed by atoms with Crippen LogP contribution in [-0.2, 0) is 16.6 Å². The van der Waals surface area contributed by atoms with Gasteiger partial charge in [0.1, 0.15) is 4.90 Å². The van der Waals surface area contributed by atoms with Crippen LogP contribution in [0.4, 0.5) is 0 Å². The SMILES string of the molecule is O=c1ccc(-n2cccn2)nn1CCNS(=O)(=O)c1cccc(Cl)c1Cl. The summed E-state index contributed by atoms with van der Waals surface area (Å²) in [7, 11) is -3.88. The first kappa shape index (κ1) is 18.6. The predicted molar refractivity (Wildman–Crippen MR) is 97.3 cm³/mol. The summed E-state index contributed by atoms with van der Waals surface area (Å²) >= 11 is 11.8. The number of nitrogens with zero attached hydrogens (tertiary/aromatic N) is 4. The standard InChI is InChI=1S/C15H13Cl2N5O3S/c16-11-3-1-4-12(15(11)17)26(24,25)19-8-10-22-14(23)6-5-13(20-22)21-9-2-7-18-21/h1-7,9,19H,8,10H2. The van der Waals surface area contributed by atoms with Crippen molar-refractivity contribution in [2.45, 2.75) is 11.4 Å². The van der Waals surface area contributed by atoms with E-state index in [1.54, 1.807) is 18.5 Å². The van der Waals surface area contributed by atoms with Gasteiger partial charge in [0.2, 0.25) is 10.0 Å². The van der Waals surface area contributed by atoms with Gasteiger partial charge in [-0.1, -0.05) is 29.3 Å². The molecular weight excluding hydrogens is 401 g/mol. The van der Waals surface area contributed by atoms with Crippen molar-refractivity contribution in [2.24, 2.45) is 0 Å². The van der Waals surface area contributed by atoms with Gasteiger partial charge in [-0.25, -0.2) is 22.5 Å². The van der Waals surface area contributed by atoms with Crippen LogP contribution in [0.15, 0.2) is 58.5 Å². The fourth-order valence-electron chi connectivity index (χ4n) is 2.18. The van der Waals surface area contributed by atoms with Crippen LogP contribution in [0.3, 0.4) is 0 Å². The molecule has 0 amide bonds. The lowest BCUT2D eigenvalue weighted by molar-refractivity contribution is 0.542. The van der Waals surface area contributed by atoms with Crippen LogP contribution in [0.5, 0.6) is 0 Å². The third-order valence-corrected chi connectivity index (χ3v) is 5.85. The van der Waals surface area contributed by atoms with Gasteiger partial charge >= 0.3 is 0 Å². The number of hydrogen-bond donors (Lipinski definition) is 1. The topological polar surface area (TPSA) is 98.9 Å². The van der Waals surface area contributed by atoms with E-state index in [1.165, 1.54) is 35.0 Å². The van der Waals surface area contributed by atoms with E-state index in [9.17, 15) is 13.2 Å². The molecule has 1 N–H and O–H groups in total. The number of rotatable bonds is 6. The first-order chi connectivity index (χ1) is 12.4. The molecule has 0 fully saturated rings. The summed E-state index contributed by atoms with van der Waals surface area (Å²) in [6, 6.07) is 8.92. The monoisotopic (exact) mass is 413 g/mol. The number of aromatic nitrogens is 4. The summed E-state index contributed by atoms with van der Waals surface area (Å²) < 4.78 is 29.7. The average molecular weight is 414 g/mol. The van der Waals surface area contributed by atoms with Crippen molar-refractivity contribution in [3.8, 4) is 5.82 Å². The van der Waals surface area contributed by atoms with Gasteiger partial charge in [0.15, 0.2) is 5.82 Å². The molecule has 0 aliphatic rings. The minimum absolute atomic E-state index is 0.0331. The highest BCUT2D eigenvalue weighted by atomic mass is 35.5. The first-order valence-corrected chi connectivity index (χ1v) is 9.64. The molecule has 1 aromatic carbocycles. The van der Waals surface area contributed by atoms with Crippen molar-refractivity contribution in [2.75, 3.05) is 6.54 Å². The second-order valence-electron chi connectivity index (χ2n) is 5.15. The zero-order valence-corrected chi connectivity index (χ0v) is 15.5. The van der Waals surface area contributed by atoms with E-state index in [2.05, 4.69) is 14.9 Å². The van der Waals surface area contributed by atoms with Crippen molar-refractivity contribution in [3.63, 3.8) is 0 Å². The molecule has 2 heterocycles. The zero-order valence-electron chi connectivity index (χ0n) is 13.2. The third kappa shape index (κ3) is 3.96. The molecular formula is C15H13Cl2N5O3S. The van der Waals surface area contributed by atoms with E-state index in [0.29, 0.717) is 5.82 Å². The molecule has 0 bridgehead atoms. The Hall–Kier alpha value is -2.20. The molecule has 136 valence electrons. The second-order valence-corrected chi connectivity index (χ2v) is 7.67. The highest BCUT2D eigenvalue weighted by Crippen LogP contribution is 2.28. The molecule has 3 rings (SSSR count). The van der Waals surface area contributed by atoms with Gasteiger partial charge in [-0.15, -0.1) is 5.10 Å². The Labute approximate surface area is 159 Å². The van der Waals surface area contributed by atoms with E-state index in [4.69, 9.17) is 23.2 Å². The number of halogens is 2. The molecule has 0 spiro atoms. The lowest BCUT2D eigenvalue weighted by atomic mass is 10.4. The van der Waals surface area contributed by atoms with Crippen LogP contribution in [-0.4, -0.2) is 34.5 Å². The molecule has 11 heteroatoms. The molecule has 0 aliphatic carbocycles. The van der Waals surface area contributed by atoms with E-state index < -0.39 is 10.0 Å². The van der Waals surface area contributed by atoms with Gasteiger partial charge in [0.05, 0.1) is 16.6 Å². The Morgan fingerprint density at radius 3 is 2.65 bits per heavy atom. The lowest BCUT2D eigenvalue weighted by Gasteiger charge is -2.10. The molecule has 0 saturated heterocycles. The van der Waals surface area contributed by atoms with E-state index >= 15 is 0 Å².